The van der Waals surface area contributed by atoms with Gasteiger partial charge in [0.1, 0.15) is 5.75 Å². The van der Waals surface area contributed by atoms with E-state index in [4.69, 9.17) is 19.4 Å². The second kappa shape index (κ2) is 10.7. The Bertz CT molecular complexity index is 1020. The maximum Gasteiger partial charge on any atom is 0.230 e. The van der Waals surface area contributed by atoms with E-state index < -0.39 is 0 Å². The summed E-state index contributed by atoms with van der Waals surface area (Å²) >= 11 is 3.74. The minimum absolute atomic E-state index is 0.402. The molecule has 0 amide bonds. The van der Waals surface area contributed by atoms with Crippen LogP contribution in [0.5, 0.6) is 5.75 Å². The first kappa shape index (κ1) is 23.2. The number of nitrogens with zero attached hydrogens (tertiary/aromatic N) is 3. The minimum Gasteiger partial charge on any atom is -0.496 e. The highest BCUT2D eigenvalue weighted by Gasteiger charge is 2.16. The average Bonchev–Trinajstić information content (AvgIpc) is 2.75. The third-order valence-electron chi connectivity index (χ3n) is 5.08. The Balaban J connectivity index is 1.79. The molecular formula is C25H30BrN3O2. The molecule has 2 aromatic carbocycles. The number of anilines is 2. The van der Waals surface area contributed by atoms with Gasteiger partial charge in [0.15, 0.2) is 0 Å². The van der Waals surface area contributed by atoms with E-state index in [9.17, 15) is 0 Å². The fraction of sp³-hybridized carbons (Fsp3) is 0.360. The topological polar surface area (TPSA) is 47.5 Å². The molecule has 0 radical (unpaired) electrons. The normalized spacial score (nSPS) is 11.1. The molecule has 0 saturated heterocycles. The van der Waals surface area contributed by atoms with E-state index in [0.717, 1.165) is 39.4 Å². The third kappa shape index (κ3) is 5.83. The molecule has 0 atom stereocenters. The molecule has 0 bridgehead atoms. The molecule has 3 aromatic rings. The van der Waals surface area contributed by atoms with Gasteiger partial charge in [0.2, 0.25) is 5.95 Å². The molecule has 5 nitrogen and oxygen atoms in total. The van der Waals surface area contributed by atoms with Gasteiger partial charge in [-0.2, -0.15) is 0 Å². The van der Waals surface area contributed by atoms with E-state index in [1.54, 1.807) is 7.11 Å². The predicted octanol–water partition coefficient (Wildman–Crippen LogP) is 6.55. The molecule has 31 heavy (non-hydrogen) atoms. The standard InChI is InChI=1S/C25H30BrN3O2/c1-6-29(23-12-11-19(17(2)3)14-22(23)26)25-27-18(4)13-21(28-25)16-31-15-20-9-7-8-10-24(20)30-5/h7-14,17H,6,15-16H2,1-5H3. The van der Waals surface area contributed by atoms with Crippen molar-refractivity contribution in [2.75, 3.05) is 18.6 Å². The van der Waals surface area contributed by atoms with Crippen molar-refractivity contribution < 1.29 is 9.47 Å². The Kier molecular flexibility index (Phi) is 8.04. The summed E-state index contributed by atoms with van der Waals surface area (Å²) in [6.07, 6.45) is 0. The molecule has 164 valence electrons. The predicted molar refractivity (Wildman–Crippen MR) is 129 cm³/mol. The first-order chi connectivity index (χ1) is 14.9. The molecular weight excluding hydrogens is 454 g/mol. The SMILES string of the molecule is CCN(c1nc(C)cc(COCc2ccccc2OC)n1)c1ccc(C(C)C)cc1Br. The Labute approximate surface area is 193 Å². The second-order valence-corrected chi connectivity index (χ2v) is 8.57. The Morgan fingerprint density at radius 1 is 1.03 bits per heavy atom. The van der Waals surface area contributed by atoms with Gasteiger partial charge < -0.3 is 14.4 Å². The van der Waals surface area contributed by atoms with Gasteiger partial charge in [-0.1, -0.05) is 38.1 Å². The molecule has 0 saturated carbocycles. The molecule has 0 N–H and O–H groups in total. The van der Waals surface area contributed by atoms with Crippen LogP contribution >= 0.6 is 15.9 Å². The number of ether oxygens (including phenoxy) is 2. The van der Waals surface area contributed by atoms with Crippen molar-refractivity contribution in [2.45, 2.75) is 46.8 Å². The summed E-state index contributed by atoms with van der Waals surface area (Å²) in [5.41, 5.74) is 5.13. The van der Waals surface area contributed by atoms with Crippen molar-refractivity contribution in [2.24, 2.45) is 0 Å². The first-order valence-corrected chi connectivity index (χ1v) is 11.3. The van der Waals surface area contributed by atoms with Crippen LogP contribution < -0.4 is 9.64 Å². The Hall–Kier alpha value is -2.44. The monoisotopic (exact) mass is 483 g/mol. The van der Waals surface area contributed by atoms with Crippen LogP contribution in [0, 0.1) is 6.92 Å². The lowest BCUT2D eigenvalue weighted by molar-refractivity contribution is 0.103. The summed E-state index contributed by atoms with van der Waals surface area (Å²) in [5.74, 6) is 1.98. The smallest absolute Gasteiger partial charge is 0.230 e. The number of methoxy groups -OCH3 is 1. The molecule has 6 heteroatoms. The zero-order valence-corrected chi connectivity index (χ0v) is 20.4. The highest BCUT2D eigenvalue weighted by Crippen LogP contribution is 2.33. The zero-order valence-electron chi connectivity index (χ0n) is 18.9. The molecule has 0 fully saturated rings. The zero-order chi connectivity index (χ0) is 22.4. The van der Waals surface area contributed by atoms with Crippen molar-refractivity contribution in [1.82, 2.24) is 9.97 Å². The van der Waals surface area contributed by atoms with E-state index in [-0.39, 0.29) is 0 Å². The Morgan fingerprint density at radius 3 is 2.48 bits per heavy atom. The van der Waals surface area contributed by atoms with Gasteiger partial charge in [0.05, 0.1) is 31.7 Å². The van der Waals surface area contributed by atoms with Gasteiger partial charge in [-0.05, 0) is 65.5 Å². The number of aromatic nitrogens is 2. The highest BCUT2D eigenvalue weighted by molar-refractivity contribution is 9.10. The number of para-hydroxylation sites is 1. The van der Waals surface area contributed by atoms with Gasteiger partial charge in [-0.15, -0.1) is 0 Å². The van der Waals surface area contributed by atoms with Crippen molar-refractivity contribution in [3.63, 3.8) is 0 Å². The molecule has 0 aliphatic carbocycles. The quantitative estimate of drug-likeness (QED) is 0.345. The summed E-state index contributed by atoms with van der Waals surface area (Å²) in [6.45, 7) is 10.1. The summed E-state index contributed by atoms with van der Waals surface area (Å²) in [4.78, 5) is 11.6. The van der Waals surface area contributed by atoms with Crippen LogP contribution in [0.2, 0.25) is 0 Å². The van der Waals surface area contributed by atoms with Crippen molar-refractivity contribution in [3.05, 3.63) is 75.5 Å². The fourth-order valence-electron chi connectivity index (χ4n) is 3.42. The lowest BCUT2D eigenvalue weighted by Crippen LogP contribution is -2.20. The lowest BCUT2D eigenvalue weighted by Gasteiger charge is -2.24. The first-order valence-electron chi connectivity index (χ1n) is 10.5. The van der Waals surface area contributed by atoms with Gasteiger partial charge >= 0.3 is 0 Å². The highest BCUT2D eigenvalue weighted by atomic mass is 79.9. The molecule has 0 unspecified atom stereocenters. The largest absolute Gasteiger partial charge is 0.496 e. The molecule has 3 rings (SSSR count). The van der Waals surface area contributed by atoms with Crippen molar-refractivity contribution >= 4 is 27.6 Å². The summed E-state index contributed by atoms with van der Waals surface area (Å²) in [6, 6.07) is 16.3. The van der Waals surface area contributed by atoms with Crippen LogP contribution in [0.25, 0.3) is 0 Å². The third-order valence-corrected chi connectivity index (χ3v) is 5.72. The molecule has 0 aliphatic heterocycles. The molecule has 1 heterocycles. The number of halogens is 1. The van der Waals surface area contributed by atoms with Crippen molar-refractivity contribution in [1.29, 1.82) is 0 Å². The summed E-state index contributed by atoms with van der Waals surface area (Å²) in [7, 11) is 1.67. The van der Waals surface area contributed by atoms with Crippen LogP contribution in [0.4, 0.5) is 11.6 Å². The lowest BCUT2D eigenvalue weighted by atomic mass is 10.0. The van der Waals surface area contributed by atoms with E-state index in [1.807, 2.05) is 37.3 Å². The number of hydrogen-bond acceptors (Lipinski definition) is 5. The van der Waals surface area contributed by atoms with Gasteiger partial charge in [-0.3, -0.25) is 0 Å². The fourth-order valence-corrected chi connectivity index (χ4v) is 4.03. The van der Waals surface area contributed by atoms with Gasteiger partial charge in [0.25, 0.3) is 0 Å². The second-order valence-electron chi connectivity index (χ2n) is 7.72. The van der Waals surface area contributed by atoms with E-state index in [2.05, 4.69) is 59.8 Å². The number of hydrogen-bond donors (Lipinski definition) is 0. The maximum absolute atomic E-state index is 5.95. The van der Waals surface area contributed by atoms with E-state index >= 15 is 0 Å². The van der Waals surface area contributed by atoms with E-state index in [0.29, 0.717) is 25.1 Å². The summed E-state index contributed by atoms with van der Waals surface area (Å²) in [5, 5.41) is 0. The van der Waals surface area contributed by atoms with Crippen LogP contribution in [-0.4, -0.2) is 23.6 Å². The van der Waals surface area contributed by atoms with Crippen LogP contribution in [-0.2, 0) is 18.0 Å². The van der Waals surface area contributed by atoms with E-state index in [1.165, 1.54) is 5.56 Å². The Morgan fingerprint density at radius 2 is 1.81 bits per heavy atom. The number of benzene rings is 2. The number of rotatable bonds is 9. The van der Waals surface area contributed by atoms with Gasteiger partial charge in [0, 0.05) is 22.3 Å². The molecule has 1 aromatic heterocycles. The van der Waals surface area contributed by atoms with Crippen LogP contribution in [0.3, 0.4) is 0 Å². The number of aryl methyl sites for hydroxylation is 1. The average molecular weight is 484 g/mol. The minimum atomic E-state index is 0.402. The van der Waals surface area contributed by atoms with Crippen LogP contribution in [0.1, 0.15) is 49.2 Å². The maximum atomic E-state index is 5.95. The molecule has 0 aliphatic rings. The van der Waals surface area contributed by atoms with Crippen molar-refractivity contribution in [3.8, 4) is 5.75 Å². The molecule has 0 spiro atoms. The van der Waals surface area contributed by atoms with Gasteiger partial charge in [-0.25, -0.2) is 9.97 Å². The van der Waals surface area contributed by atoms with Crippen LogP contribution in [0.15, 0.2) is 53.0 Å². The summed E-state index contributed by atoms with van der Waals surface area (Å²) < 4.78 is 12.4.